The molecule has 21 heavy (non-hydrogen) atoms. The van der Waals surface area contributed by atoms with E-state index in [2.05, 4.69) is 62.3 Å². The lowest BCUT2D eigenvalue weighted by atomic mass is 10.1. The Morgan fingerprint density at radius 1 is 1.05 bits per heavy atom. The average Bonchev–Trinajstić information content (AvgIpc) is 3.19. The smallest absolute Gasteiger partial charge is 0.101 e. The first-order valence-corrected chi connectivity index (χ1v) is 8.86. The van der Waals surface area contributed by atoms with Crippen LogP contribution in [0.5, 0.6) is 0 Å². The summed E-state index contributed by atoms with van der Waals surface area (Å²) in [5.41, 5.74) is 1.50. The number of nitriles is 1. The van der Waals surface area contributed by atoms with Gasteiger partial charge in [0.1, 0.15) is 6.07 Å². The predicted molar refractivity (Wildman–Crippen MR) is 93.0 cm³/mol. The number of thiophene rings is 2. The zero-order valence-electron chi connectivity index (χ0n) is 10.9. The highest BCUT2D eigenvalue weighted by Gasteiger charge is 2.17. The third kappa shape index (κ3) is 3.18. The topological polar surface area (TPSA) is 35.8 Å². The molecule has 0 radical (unpaired) electrons. The van der Waals surface area contributed by atoms with Crippen molar-refractivity contribution in [1.29, 1.82) is 5.26 Å². The van der Waals surface area contributed by atoms with Gasteiger partial charge in [-0.1, -0.05) is 28.1 Å². The van der Waals surface area contributed by atoms with Crippen LogP contribution in [0.1, 0.15) is 21.4 Å². The second-order valence-corrected chi connectivity index (χ2v) is 7.28. The Kier molecular flexibility index (Phi) is 4.39. The van der Waals surface area contributed by atoms with Crippen molar-refractivity contribution in [2.45, 2.75) is 6.04 Å². The molecule has 0 aliphatic heterocycles. The normalized spacial score (nSPS) is 10.5. The Morgan fingerprint density at radius 2 is 1.71 bits per heavy atom. The van der Waals surface area contributed by atoms with E-state index in [0.717, 1.165) is 10.2 Å². The molecule has 0 aliphatic carbocycles. The molecule has 2 heterocycles. The van der Waals surface area contributed by atoms with Crippen molar-refractivity contribution in [2.24, 2.45) is 0 Å². The molecule has 0 fully saturated rings. The van der Waals surface area contributed by atoms with Gasteiger partial charge in [-0.05, 0) is 41.1 Å². The molecule has 0 amide bonds. The monoisotopic (exact) mass is 374 g/mol. The number of halogens is 1. The first-order chi connectivity index (χ1) is 10.3. The number of hydrogen-bond acceptors (Lipinski definition) is 4. The highest BCUT2D eigenvalue weighted by atomic mass is 79.9. The SMILES string of the molecule is N#Cc1cc(Br)ccc1NC(c1cccs1)c1cccs1. The van der Waals surface area contributed by atoms with Crippen molar-refractivity contribution in [3.05, 3.63) is 73.0 Å². The number of anilines is 1. The average molecular weight is 375 g/mol. The molecule has 0 bridgehead atoms. The molecule has 0 unspecified atom stereocenters. The molecular weight excluding hydrogens is 364 g/mol. The molecule has 3 aromatic rings. The molecule has 2 aromatic heterocycles. The molecule has 0 saturated carbocycles. The van der Waals surface area contributed by atoms with E-state index < -0.39 is 0 Å². The minimum atomic E-state index is 0.0817. The fraction of sp³-hybridized carbons (Fsp3) is 0.0625. The molecule has 1 N–H and O–H groups in total. The van der Waals surface area contributed by atoms with Crippen LogP contribution >= 0.6 is 38.6 Å². The van der Waals surface area contributed by atoms with Crippen molar-refractivity contribution in [3.63, 3.8) is 0 Å². The van der Waals surface area contributed by atoms with Crippen molar-refractivity contribution >= 4 is 44.3 Å². The number of rotatable bonds is 4. The van der Waals surface area contributed by atoms with E-state index in [1.165, 1.54) is 9.75 Å². The Balaban J connectivity index is 1.98. The van der Waals surface area contributed by atoms with Crippen molar-refractivity contribution in [2.75, 3.05) is 5.32 Å². The molecule has 1 aromatic carbocycles. The van der Waals surface area contributed by atoms with Crippen LogP contribution in [-0.4, -0.2) is 0 Å². The number of hydrogen-bond donors (Lipinski definition) is 1. The Labute approximate surface area is 139 Å². The zero-order valence-corrected chi connectivity index (χ0v) is 14.1. The molecule has 0 atom stereocenters. The molecule has 104 valence electrons. The maximum Gasteiger partial charge on any atom is 0.101 e. The van der Waals surface area contributed by atoms with Crippen LogP contribution in [0.3, 0.4) is 0 Å². The van der Waals surface area contributed by atoms with E-state index in [1.54, 1.807) is 22.7 Å². The van der Waals surface area contributed by atoms with Gasteiger partial charge in [-0.2, -0.15) is 5.26 Å². The summed E-state index contributed by atoms with van der Waals surface area (Å²) < 4.78 is 0.911. The summed E-state index contributed by atoms with van der Waals surface area (Å²) in [6, 6.07) is 16.4. The van der Waals surface area contributed by atoms with Crippen molar-refractivity contribution in [3.8, 4) is 6.07 Å². The molecular formula is C16H11BrN2S2. The lowest BCUT2D eigenvalue weighted by molar-refractivity contribution is 0.991. The van der Waals surface area contributed by atoms with Gasteiger partial charge in [0, 0.05) is 14.2 Å². The summed E-state index contributed by atoms with van der Waals surface area (Å²) in [6.07, 6.45) is 0. The van der Waals surface area contributed by atoms with Gasteiger partial charge in [-0.3, -0.25) is 0 Å². The number of nitrogens with zero attached hydrogens (tertiary/aromatic N) is 1. The van der Waals surface area contributed by atoms with Gasteiger partial charge in [0.2, 0.25) is 0 Å². The predicted octanol–water partition coefficient (Wildman–Crippen LogP) is 5.65. The van der Waals surface area contributed by atoms with E-state index in [4.69, 9.17) is 0 Å². The second-order valence-electron chi connectivity index (χ2n) is 4.41. The van der Waals surface area contributed by atoms with Gasteiger partial charge < -0.3 is 5.32 Å². The standard InChI is InChI=1S/C16H11BrN2S2/c17-12-5-6-13(11(9-12)10-18)19-16(14-3-1-7-20-14)15-4-2-8-21-15/h1-9,16,19H. The lowest BCUT2D eigenvalue weighted by Gasteiger charge is -2.18. The fourth-order valence-electron chi connectivity index (χ4n) is 2.08. The fourth-order valence-corrected chi connectivity index (χ4v) is 4.11. The van der Waals surface area contributed by atoms with Crippen LogP contribution in [0.25, 0.3) is 0 Å². The first kappa shape index (κ1) is 14.3. The van der Waals surface area contributed by atoms with Gasteiger partial charge in [-0.15, -0.1) is 22.7 Å². The molecule has 0 aliphatic rings. The number of nitrogens with one attached hydrogen (secondary N) is 1. The Morgan fingerprint density at radius 3 is 2.24 bits per heavy atom. The van der Waals surface area contributed by atoms with Gasteiger partial charge in [0.15, 0.2) is 0 Å². The van der Waals surface area contributed by atoms with Crippen LogP contribution in [-0.2, 0) is 0 Å². The second kappa shape index (κ2) is 6.44. The lowest BCUT2D eigenvalue weighted by Crippen LogP contribution is -2.10. The van der Waals surface area contributed by atoms with E-state index >= 15 is 0 Å². The van der Waals surface area contributed by atoms with E-state index in [-0.39, 0.29) is 6.04 Å². The largest absolute Gasteiger partial charge is 0.372 e. The van der Waals surface area contributed by atoms with Gasteiger partial charge >= 0.3 is 0 Å². The molecule has 3 rings (SSSR count). The van der Waals surface area contributed by atoms with Crippen molar-refractivity contribution in [1.82, 2.24) is 0 Å². The highest BCUT2D eigenvalue weighted by Crippen LogP contribution is 2.33. The Bertz CT molecular complexity index is 724. The molecule has 0 saturated heterocycles. The maximum absolute atomic E-state index is 9.31. The maximum atomic E-state index is 9.31. The quantitative estimate of drug-likeness (QED) is 0.640. The summed E-state index contributed by atoms with van der Waals surface area (Å²) in [5, 5.41) is 17.0. The van der Waals surface area contributed by atoms with Gasteiger partial charge in [0.05, 0.1) is 17.3 Å². The van der Waals surface area contributed by atoms with Crippen LogP contribution in [0, 0.1) is 11.3 Å². The molecule has 2 nitrogen and oxygen atoms in total. The van der Waals surface area contributed by atoms with Crippen LogP contribution in [0.2, 0.25) is 0 Å². The van der Waals surface area contributed by atoms with Gasteiger partial charge in [-0.25, -0.2) is 0 Å². The highest BCUT2D eigenvalue weighted by molar-refractivity contribution is 9.10. The minimum absolute atomic E-state index is 0.0817. The third-order valence-corrected chi connectivity index (χ3v) is 5.42. The summed E-state index contributed by atoms with van der Waals surface area (Å²) >= 11 is 6.84. The summed E-state index contributed by atoms with van der Waals surface area (Å²) in [4.78, 5) is 2.48. The molecule has 5 heteroatoms. The third-order valence-electron chi connectivity index (χ3n) is 3.06. The summed E-state index contributed by atoms with van der Waals surface area (Å²) in [6.45, 7) is 0. The summed E-state index contributed by atoms with van der Waals surface area (Å²) in [5.74, 6) is 0. The Hall–Kier alpha value is -1.61. The van der Waals surface area contributed by atoms with Crippen LogP contribution < -0.4 is 5.32 Å². The van der Waals surface area contributed by atoms with E-state index in [9.17, 15) is 5.26 Å². The van der Waals surface area contributed by atoms with Gasteiger partial charge in [0.25, 0.3) is 0 Å². The van der Waals surface area contributed by atoms with Crippen LogP contribution in [0.4, 0.5) is 5.69 Å². The minimum Gasteiger partial charge on any atom is -0.372 e. The number of benzene rings is 1. The van der Waals surface area contributed by atoms with E-state index in [0.29, 0.717) is 5.56 Å². The molecule has 0 spiro atoms. The van der Waals surface area contributed by atoms with Crippen molar-refractivity contribution < 1.29 is 0 Å². The zero-order chi connectivity index (χ0) is 14.7. The van der Waals surface area contributed by atoms with E-state index in [1.807, 2.05) is 18.2 Å². The van der Waals surface area contributed by atoms with Crippen LogP contribution in [0.15, 0.2) is 57.7 Å². The summed E-state index contributed by atoms with van der Waals surface area (Å²) in [7, 11) is 0. The first-order valence-electron chi connectivity index (χ1n) is 6.31.